The molecule has 1 aliphatic heterocycles. The van der Waals surface area contributed by atoms with E-state index in [1.54, 1.807) is 35.6 Å². The van der Waals surface area contributed by atoms with Gasteiger partial charge in [-0.1, -0.05) is 12.1 Å². The van der Waals surface area contributed by atoms with Crippen LogP contribution < -0.4 is 0 Å². The number of benzene rings is 1. The lowest BCUT2D eigenvalue weighted by Crippen LogP contribution is -2.29. The minimum absolute atomic E-state index is 0.226. The van der Waals surface area contributed by atoms with E-state index in [1.165, 1.54) is 4.88 Å². The topological polar surface area (TPSA) is 46.6 Å². The van der Waals surface area contributed by atoms with Crippen LogP contribution in [-0.4, -0.2) is 16.9 Å². The number of carbonyl (C=O) groups is 2. The largest absolute Gasteiger partial charge is 0.285 e. The predicted molar refractivity (Wildman–Crippen MR) is 70.8 cm³/mol. The average molecular weight is 273 g/mol. The number of aryl methyl sites for hydroxylation is 1. The first-order valence-electron chi connectivity index (χ1n) is 5.83. The first kappa shape index (κ1) is 12.1. The Kier molecular flexibility index (Phi) is 2.93. The van der Waals surface area contributed by atoms with Gasteiger partial charge in [-0.3, -0.25) is 14.4 Å². The van der Waals surface area contributed by atoms with Crippen molar-refractivity contribution in [3.63, 3.8) is 0 Å². The van der Waals surface area contributed by atoms with Crippen LogP contribution in [0.4, 0.5) is 0 Å². The summed E-state index contributed by atoms with van der Waals surface area (Å²) in [6.07, 6.45) is 0. The third-order valence-corrected chi connectivity index (χ3v) is 3.86. The maximum Gasteiger partial charge on any atom is 0.285 e. The summed E-state index contributed by atoms with van der Waals surface area (Å²) in [7, 11) is 0. The lowest BCUT2D eigenvalue weighted by Gasteiger charge is -2.12. The van der Waals surface area contributed by atoms with Crippen LogP contribution in [0.15, 0.2) is 36.4 Å². The van der Waals surface area contributed by atoms with Crippen molar-refractivity contribution in [1.29, 1.82) is 0 Å². The van der Waals surface area contributed by atoms with E-state index in [0.29, 0.717) is 11.1 Å². The SMILES string of the molecule is Cc1ccc(CON2C(=O)c3ccccc3C2=O)s1. The summed E-state index contributed by atoms with van der Waals surface area (Å²) in [5.41, 5.74) is 0.796. The van der Waals surface area contributed by atoms with Crippen LogP contribution in [-0.2, 0) is 11.4 Å². The van der Waals surface area contributed by atoms with Crippen molar-refractivity contribution in [3.8, 4) is 0 Å². The number of nitrogens with zero attached hydrogens (tertiary/aromatic N) is 1. The van der Waals surface area contributed by atoms with E-state index in [4.69, 9.17) is 4.84 Å². The second-order valence-electron chi connectivity index (χ2n) is 4.24. The number of hydrogen-bond acceptors (Lipinski definition) is 4. The maximum absolute atomic E-state index is 12.0. The molecule has 1 aliphatic rings. The molecule has 19 heavy (non-hydrogen) atoms. The van der Waals surface area contributed by atoms with Gasteiger partial charge in [-0.2, -0.15) is 0 Å². The fourth-order valence-corrected chi connectivity index (χ4v) is 2.77. The zero-order valence-corrected chi connectivity index (χ0v) is 11.1. The van der Waals surface area contributed by atoms with E-state index in [0.717, 1.165) is 9.94 Å². The number of fused-ring (bicyclic) bond motifs is 1. The van der Waals surface area contributed by atoms with Gasteiger partial charge in [0.2, 0.25) is 0 Å². The number of imide groups is 1. The molecule has 0 fully saturated rings. The standard InChI is InChI=1S/C14H11NO3S/c1-9-6-7-10(19-9)8-18-15-13(16)11-4-2-3-5-12(11)14(15)17/h2-7H,8H2,1H3. The van der Waals surface area contributed by atoms with E-state index >= 15 is 0 Å². The lowest BCUT2D eigenvalue weighted by atomic mass is 10.1. The van der Waals surface area contributed by atoms with Crippen LogP contribution in [0.2, 0.25) is 0 Å². The first-order chi connectivity index (χ1) is 9.16. The molecule has 96 valence electrons. The number of amides is 2. The van der Waals surface area contributed by atoms with Crippen LogP contribution in [0.1, 0.15) is 30.5 Å². The van der Waals surface area contributed by atoms with Crippen molar-refractivity contribution in [2.45, 2.75) is 13.5 Å². The number of rotatable bonds is 3. The molecule has 2 heterocycles. The van der Waals surface area contributed by atoms with Crippen molar-refractivity contribution in [1.82, 2.24) is 5.06 Å². The summed E-state index contributed by atoms with van der Waals surface area (Å²) in [6, 6.07) is 10.6. The van der Waals surface area contributed by atoms with E-state index in [9.17, 15) is 9.59 Å². The Bertz CT molecular complexity index is 627. The molecule has 3 rings (SSSR count). The molecule has 2 amide bonds. The van der Waals surface area contributed by atoms with Gasteiger partial charge in [0.25, 0.3) is 11.8 Å². The molecule has 0 atom stereocenters. The molecule has 0 bridgehead atoms. The van der Waals surface area contributed by atoms with Gasteiger partial charge in [-0.25, -0.2) is 0 Å². The molecule has 0 saturated carbocycles. The van der Waals surface area contributed by atoms with E-state index < -0.39 is 11.8 Å². The summed E-state index contributed by atoms with van der Waals surface area (Å²) >= 11 is 1.58. The molecular weight excluding hydrogens is 262 g/mol. The zero-order valence-electron chi connectivity index (χ0n) is 10.3. The van der Waals surface area contributed by atoms with Gasteiger partial charge in [0.05, 0.1) is 11.1 Å². The highest BCUT2D eigenvalue weighted by Gasteiger charge is 2.36. The van der Waals surface area contributed by atoms with Gasteiger partial charge in [-0.15, -0.1) is 16.4 Å². The predicted octanol–water partition coefficient (Wildman–Crippen LogP) is 2.78. The minimum atomic E-state index is -0.395. The summed E-state index contributed by atoms with van der Waals surface area (Å²) in [5, 5.41) is 0.847. The minimum Gasteiger partial charge on any atom is -0.266 e. The summed E-state index contributed by atoms with van der Waals surface area (Å²) in [4.78, 5) is 31.5. The summed E-state index contributed by atoms with van der Waals surface area (Å²) in [5.74, 6) is -0.789. The first-order valence-corrected chi connectivity index (χ1v) is 6.64. The summed E-state index contributed by atoms with van der Waals surface area (Å²) in [6.45, 7) is 2.22. The van der Waals surface area contributed by atoms with Gasteiger partial charge >= 0.3 is 0 Å². The van der Waals surface area contributed by atoms with Gasteiger partial charge in [-0.05, 0) is 31.2 Å². The van der Waals surface area contributed by atoms with E-state index in [-0.39, 0.29) is 6.61 Å². The Hall–Kier alpha value is -1.98. The van der Waals surface area contributed by atoms with Crippen LogP contribution in [0.5, 0.6) is 0 Å². The molecular formula is C14H11NO3S. The van der Waals surface area contributed by atoms with Gasteiger partial charge in [0, 0.05) is 9.75 Å². The quantitative estimate of drug-likeness (QED) is 0.808. The lowest BCUT2D eigenvalue weighted by molar-refractivity contribution is -0.0998. The molecule has 0 unspecified atom stereocenters. The Morgan fingerprint density at radius 1 is 1.05 bits per heavy atom. The zero-order chi connectivity index (χ0) is 13.4. The average Bonchev–Trinajstić information content (AvgIpc) is 2.93. The molecule has 1 aromatic heterocycles. The van der Waals surface area contributed by atoms with E-state index in [1.807, 2.05) is 19.1 Å². The molecule has 0 aliphatic carbocycles. The van der Waals surface area contributed by atoms with Gasteiger partial charge < -0.3 is 0 Å². The van der Waals surface area contributed by atoms with Crippen LogP contribution in [0.3, 0.4) is 0 Å². The monoisotopic (exact) mass is 273 g/mol. The van der Waals surface area contributed by atoms with Crippen molar-refractivity contribution >= 4 is 23.2 Å². The van der Waals surface area contributed by atoms with Crippen LogP contribution in [0.25, 0.3) is 0 Å². The Balaban J connectivity index is 1.77. The Labute approximate surface area is 114 Å². The molecule has 0 spiro atoms. The van der Waals surface area contributed by atoms with Gasteiger partial charge in [0.15, 0.2) is 0 Å². The molecule has 0 N–H and O–H groups in total. The normalized spacial score (nSPS) is 14.1. The second-order valence-corrected chi connectivity index (χ2v) is 5.61. The highest BCUT2D eigenvalue weighted by Crippen LogP contribution is 2.24. The number of hydrogen-bond donors (Lipinski definition) is 0. The maximum atomic E-state index is 12.0. The number of hydroxylamine groups is 2. The number of carbonyl (C=O) groups excluding carboxylic acids is 2. The molecule has 5 heteroatoms. The molecule has 1 aromatic carbocycles. The van der Waals surface area contributed by atoms with E-state index in [2.05, 4.69) is 0 Å². The Morgan fingerprint density at radius 3 is 2.21 bits per heavy atom. The molecule has 2 aromatic rings. The molecule has 4 nitrogen and oxygen atoms in total. The fraction of sp³-hybridized carbons (Fsp3) is 0.143. The van der Waals surface area contributed by atoms with Gasteiger partial charge in [0.1, 0.15) is 6.61 Å². The third kappa shape index (κ3) is 2.07. The molecule has 0 saturated heterocycles. The number of thiophene rings is 1. The van der Waals surface area contributed by atoms with Crippen molar-refractivity contribution < 1.29 is 14.4 Å². The highest BCUT2D eigenvalue weighted by atomic mass is 32.1. The molecule has 0 radical (unpaired) electrons. The summed E-state index contributed by atoms with van der Waals surface area (Å²) < 4.78 is 0. The smallest absolute Gasteiger partial charge is 0.266 e. The third-order valence-electron chi connectivity index (χ3n) is 2.89. The highest BCUT2D eigenvalue weighted by molar-refractivity contribution is 7.11. The second kappa shape index (κ2) is 4.60. The van der Waals surface area contributed by atoms with Crippen molar-refractivity contribution in [3.05, 3.63) is 57.3 Å². The fourth-order valence-electron chi connectivity index (χ4n) is 1.98. The van der Waals surface area contributed by atoms with Crippen LogP contribution in [0, 0.1) is 6.92 Å². The van der Waals surface area contributed by atoms with Crippen molar-refractivity contribution in [2.75, 3.05) is 0 Å². The Morgan fingerprint density at radius 2 is 1.68 bits per heavy atom. The van der Waals surface area contributed by atoms with Crippen molar-refractivity contribution in [2.24, 2.45) is 0 Å². The van der Waals surface area contributed by atoms with Crippen LogP contribution >= 0.6 is 11.3 Å².